The summed E-state index contributed by atoms with van der Waals surface area (Å²) in [5, 5.41) is 10.9. The second-order valence-corrected chi connectivity index (χ2v) is 4.89. The third-order valence-corrected chi connectivity index (χ3v) is 3.03. The maximum Gasteiger partial charge on any atom is 0.311 e. The summed E-state index contributed by atoms with van der Waals surface area (Å²) in [7, 11) is 0. The molecule has 0 aromatic heterocycles. The molecule has 0 amide bonds. The molecular weight excluding hydrogens is 345 g/mol. The first kappa shape index (κ1) is 12.8. The summed E-state index contributed by atoms with van der Waals surface area (Å²) in [4.78, 5) is 10.5. The van der Waals surface area contributed by atoms with Gasteiger partial charge in [0, 0.05) is 9.64 Å². The van der Waals surface area contributed by atoms with Crippen molar-refractivity contribution in [1.82, 2.24) is 0 Å². The number of hydrogen-bond acceptors (Lipinski definition) is 3. The van der Waals surface area contributed by atoms with Crippen LogP contribution in [0.25, 0.3) is 0 Å². The van der Waals surface area contributed by atoms with Crippen LogP contribution in [0.1, 0.15) is 5.56 Å². The lowest BCUT2D eigenvalue weighted by molar-refractivity contribution is -0.386. The molecule has 0 heterocycles. The molecule has 0 fully saturated rings. The molecule has 0 N–H and O–H groups in total. The first-order valence-corrected chi connectivity index (χ1v) is 6.35. The molecule has 4 nitrogen and oxygen atoms in total. The summed E-state index contributed by atoms with van der Waals surface area (Å²) in [5.74, 6) is 0.296. The topological polar surface area (TPSA) is 52.4 Å². The quantitative estimate of drug-likeness (QED) is 0.477. The summed E-state index contributed by atoms with van der Waals surface area (Å²) in [6.07, 6.45) is 0. The minimum absolute atomic E-state index is 0.00201. The van der Waals surface area contributed by atoms with Gasteiger partial charge in [-0.25, -0.2) is 0 Å². The van der Waals surface area contributed by atoms with Gasteiger partial charge in [-0.1, -0.05) is 30.3 Å². The number of nitro groups is 1. The van der Waals surface area contributed by atoms with Crippen molar-refractivity contribution < 1.29 is 9.66 Å². The highest BCUT2D eigenvalue weighted by Gasteiger charge is 2.15. The molecule has 0 bridgehead atoms. The average molecular weight is 355 g/mol. The highest BCUT2D eigenvalue weighted by Crippen LogP contribution is 2.29. The van der Waals surface area contributed by atoms with Crippen LogP contribution >= 0.6 is 22.6 Å². The SMILES string of the molecule is O=[N+]([O-])c1cc(I)ccc1OCc1ccccc1. The van der Waals surface area contributed by atoms with Gasteiger partial charge < -0.3 is 4.74 Å². The molecule has 0 aliphatic heterocycles. The Bertz CT molecular complexity index is 557. The number of hydrogen-bond donors (Lipinski definition) is 0. The summed E-state index contributed by atoms with van der Waals surface area (Å²) >= 11 is 2.04. The zero-order valence-electron chi connectivity index (χ0n) is 9.38. The third-order valence-electron chi connectivity index (χ3n) is 2.35. The minimum atomic E-state index is -0.428. The Kier molecular flexibility index (Phi) is 4.14. The van der Waals surface area contributed by atoms with E-state index in [1.54, 1.807) is 12.1 Å². The number of ether oxygens (including phenoxy) is 1. The molecule has 18 heavy (non-hydrogen) atoms. The Hall–Kier alpha value is -1.63. The molecule has 0 spiro atoms. The van der Waals surface area contributed by atoms with Crippen molar-refractivity contribution in [3.05, 3.63) is 67.8 Å². The molecule has 0 atom stereocenters. The third kappa shape index (κ3) is 3.19. The van der Waals surface area contributed by atoms with Crippen molar-refractivity contribution in [3.8, 4) is 5.75 Å². The fraction of sp³-hybridized carbons (Fsp3) is 0.0769. The van der Waals surface area contributed by atoms with Crippen LogP contribution in [0.15, 0.2) is 48.5 Å². The number of nitrogens with zero attached hydrogens (tertiary/aromatic N) is 1. The fourth-order valence-corrected chi connectivity index (χ4v) is 1.97. The number of halogens is 1. The average Bonchev–Trinajstić information content (AvgIpc) is 2.38. The molecule has 0 unspecified atom stereocenters. The van der Waals surface area contributed by atoms with Gasteiger partial charge in [0.25, 0.3) is 0 Å². The lowest BCUT2D eigenvalue weighted by Gasteiger charge is -2.07. The minimum Gasteiger partial charge on any atom is -0.482 e. The maximum atomic E-state index is 10.9. The van der Waals surface area contributed by atoms with Gasteiger partial charge in [0.2, 0.25) is 0 Å². The second kappa shape index (κ2) is 5.81. The second-order valence-electron chi connectivity index (χ2n) is 3.64. The molecule has 2 aromatic carbocycles. The molecule has 0 radical (unpaired) electrons. The summed E-state index contributed by atoms with van der Waals surface area (Å²) < 4.78 is 6.31. The lowest BCUT2D eigenvalue weighted by Crippen LogP contribution is -1.99. The first-order valence-electron chi connectivity index (χ1n) is 5.27. The van der Waals surface area contributed by atoms with Gasteiger partial charge in [0.05, 0.1) is 4.92 Å². The molecule has 0 aliphatic rings. The van der Waals surface area contributed by atoms with Gasteiger partial charge in [-0.2, -0.15) is 0 Å². The van der Waals surface area contributed by atoms with E-state index in [0.717, 1.165) is 9.13 Å². The van der Waals surface area contributed by atoms with Crippen LogP contribution in [0.4, 0.5) is 5.69 Å². The van der Waals surface area contributed by atoms with Gasteiger partial charge in [-0.15, -0.1) is 0 Å². The molecular formula is C13H10INO3. The van der Waals surface area contributed by atoms with Crippen LogP contribution in [0.3, 0.4) is 0 Å². The van der Waals surface area contributed by atoms with Gasteiger partial charge in [0.15, 0.2) is 5.75 Å². The predicted molar refractivity (Wildman–Crippen MR) is 76.6 cm³/mol. The van der Waals surface area contributed by atoms with Crippen LogP contribution in [0.5, 0.6) is 5.75 Å². The maximum absolute atomic E-state index is 10.9. The number of benzene rings is 2. The summed E-state index contributed by atoms with van der Waals surface area (Å²) in [6, 6.07) is 14.5. The van der Waals surface area contributed by atoms with Crippen molar-refractivity contribution in [2.75, 3.05) is 0 Å². The van der Waals surface area contributed by atoms with Gasteiger partial charge in [-0.3, -0.25) is 10.1 Å². The predicted octanol–water partition coefficient (Wildman–Crippen LogP) is 3.78. The Labute approximate surface area is 118 Å². The zero-order valence-corrected chi connectivity index (χ0v) is 11.5. The van der Waals surface area contributed by atoms with E-state index in [0.29, 0.717) is 12.4 Å². The molecule has 2 aromatic rings. The standard InChI is InChI=1S/C13H10INO3/c14-11-6-7-13(12(8-11)15(16)17)18-9-10-4-2-1-3-5-10/h1-8H,9H2. The Morgan fingerprint density at radius 3 is 2.56 bits per heavy atom. The Morgan fingerprint density at radius 1 is 1.17 bits per heavy atom. The van der Waals surface area contributed by atoms with Crippen LogP contribution in [0.2, 0.25) is 0 Å². The van der Waals surface area contributed by atoms with Gasteiger partial charge >= 0.3 is 5.69 Å². The first-order chi connectivity index (χ1) is 8.66. The zero-order chi connectivity index (χ0) is 13.0. The number of rotatable bonds is 4. The van der Waals surface area contributed by atoms with E-state index >= 15 is 0 Å². The van der Waals surface area contributed by atoms with E-state index in [2.05, 4.69) is 0 Å². The van der Waals surface area contributed by atoms with Crippen molar-refractivity contribution in [3.63, 3.8) is 0 Å². The van der Waals surface area contributed by atoms with E-state index in [9.17, 15) is 10.1 Å². The van der Waals surface area contributed by atoms with Gasteiger partial charge in [-0.05, 0) is 40.3 Å². The molecule has 92 valence electrons. The van der Waals surface area contributed by atoms with Crippen molar-refractivity contribution >= 4 is 28.3 Å². The number of nitro benzene ring substituents is 1. The fourth-order valence-electron chi connectivity index (χ4n) is 1.49. The molecule has 2 rings (SSSR count). The van der Waals surface area contributed by atoms with Crippen LogP contribution in [-0.2, 0) is 6.61 Å². The summed E-state index contributed by atoms with van der Waals surface area (Å²) in [6.45, 7) is 0.322. The normalized spacial score (nSPS) is 10.1. The van der Waals surface area contributed by atoms with Crippen molar-refractivity contribution in [2.45, 2.75) is 6.61 Å². The Balaban J connectivity index is 2.17. The van der Waals surface area contributed by atoms with E-state index in [-0.39, 0.29) is 5.69 Å². The van der Waals surface area contributed by atoms with E-state index < -0.39 is 4.92 Å². The molecule has 5 heteroatoms. The van der Waals surface area contributed by atoms with Crippen LogP contribution in [0, 0.1) is 13.7 Å². The smallest absolute Gasteiger partial charge is 0.311 e. The van der Waals surface area contributed by atoms with Crippen molar-refractivity contribution in [1.29, 1.82) is 0 Å². The van der Waals surface area contributed by atoms with Crippen LogP contribution < -0.4 is 4.74 Å². The Morgan fingerprint density at radius 2 is 1.89 bits per heavy atom. The van der Waals surface area contributed by atoms with E-state index in [4.69, 9.17) is 4.74 Å². The highest BCUT2D eigenvalue weighted by molar-refractivity contribution is 14.1. The molecule has 0 saturated heterocycles. The summed E-state index contributed by atoms with van der Waals surface area (Å²) in [5.41, 5.74) is 0.975. The van der Waals surface area contributed by atoms with Crippen molar-refractivity contribution in [2.24, 2.45) is 0 Å². The molecule has 0 saturated carbocycles. The molecule has 0 aliphatic carbocycles. The van der Waals surface area contributed by atoms with Crippen LogP contribution in [-0.4, -0.2) is 4.92 Å². The van der Waals surface area contributed by atoms with Gasteiger partial charge in [0.1, 0.15) is 6.61 Å². The highest BCUT2D eigenvalue weighted by atomic mass is 127. The lowest BCUT2D eigenvalue weighted by atomic mass is 10.2. The largest absolute Gasteiger partial charge is 0.482 e. The monoisotopic (exact) mass is 355 g/mol. The van der Waals surface area contributed by atoms with E-state index in [1.807, 2.05) is 52.9 Å². The van der Waals surface area contributed by atoms with E-state index in [1.165, 1.54) is 6.07 Å².